The van der Waals surface area contributed by atoms with Crippen LogP contribution in [0.4, 0.5) is 0 Å². The first kappa shape index (κ1) is 32.3. The first-order valence-electron chi connectivity index (χ1n) is 16.0. The highest BCUT2D eigenvalue weighted by molar-refractivity contribution is 7.85. The molecule has 3 aromatic rings. The Morgan fingerprint density at radius 3 is 2.31 bits per heavy atom. The van der Waals surface area contributed by atoms with E-state index >= 15 is 0 Å². The zero-order valence-electron chi connectivity index (χ0n) is 25.8. The van der Waals surface area contributed by atoms with Crippen LogP contribution in [0.25, 0.3) is 17.2 Å². The average molecular weight is 652 g/mol. The summed E-state index contributed by atoms with van der Waals surface area (Å²) in [5.74, 6) is 1.69. The molecule has 3 aliphatic heterocycles. The molecule has 3 saturated heterocycles. The van der Waals surface area contributed by atoms with E-state index in [1.807, 2.05) is 47.2 Å². The molecular weight excluding hydrogens is 609 g/mol. The molecule has 6 rings (SSSR count). The van der Waals surface area contributed by atoms with Gasteiger partial charge in [-0.25, -0.2) is 4.98 Å². The smallest absolute Gasteiger partial charge is 0.289 e. The monoisotopic (exact) mass is 651 g/mol. The number of hydrogen-bond donors (Lipinski definition) is 1. The first-order chi connectivity index (χ1) is 22.1. The number of ether oxygens (including phenoxy) is 4. The van der Waals surface area contributed by atoms with Crippen LogP contribution in [-0.4, -0.2) is 84.0 Å². The van der Waals surface area contributed by atoms with E-state index in [-0.39, 0.29) is 37.4 Å². The Kier molecular flexibility index (Phi) is 11.3. The molecule has 0 bridgehead atoms. The van der Waals surface area contributed by atoms with E-state index in [0.717, 1.165) is 73.0 Å². The summed E-state index contributed by atoms with van der Waals surface area (Å²) in [6.07, 6.45) is 13.0. The van der Waals surface area contributed by atoms with E-state index in [4.69, 9.17) is 23.4 Å². The molecule has 11 heteroatoms. The highest BCUT2D eigenvalue weighted by Crippen LogP contribution is 2.27. The molecule has 0 aliphatic carbocycles. The topological polar surface area (TPSA) is 101 Å². The maximum Gasteiger partial charge on any atom is 0.289 e. The van der Waals surface area contributed by atoms with E-state index in [1.54, 1.807) is 6.20 Å². The summed E-state index contributed by atoms with van der Waals surface area (Å²) in [5, 5.41) is 10.2. The number of nitrogens with zero attached hydrogens (tertiary/aromatic N) is 2. The Bertz CT molecular complexity index is 1400. The molecule has 1 N–H and O–H groups in total. The predicted molar refractivity (Wildman–Crippen MR) is 176 cm³/mol. The van der Waals surface area contributed by atoms with Crippen LogP contribution >= 0.6 is 0 Å². The van der Waals surface area contributed by atoms with Gasteiger partial charge in [0.1, 0.15) is 29.7 Å². The summed E-state index contributed by atoms with van der Waals surface area (Å²) in [6.45, 7) is 3.49. The van der Waals surface area contributed by atoms with Gasteiger partial charge in [0.05, 0.1) is 24.2 Å². The third-order valence-corrected chi connectivity index (χ3v) is 11.5. The van der Waals surface area contributed by atoms with Crippen molar-refractivity contribution in [2.45, 2.75) is 75.9 Å². The normalized spacial score (nSPS) is 26.4. The van der Waals surface area contributed by atoms with Crippen molar-refractivity contribution in [2.24, 2.45) is 0 Å². The Labute approximate surface area is 269 Å². The van der Waals surface area contributed by atoms with Crippen molar-refractivity contribution in [3.63, 3.8) is 0 Å². The zero-order valence-corrected chi connectivity index (χ0v) is 27.6. The summed E-state index contributed by atoms with van der Waals surface area (Å²) in [5.41, 5.74) is 4.07. The average Bonchev–Trinajstić information content (AvgIpc) is 3.69. The van der Waals surface area contributed by atoms with Crippen molar-refractivity contribution in [3.8, 4) is 16.9 Å². The summed E-state index contributed by atoms with van der Waals surface area (Å²) in [6, 6.07) is 16.1. The molecular formula is C34H43N2O7SSi. The van der Waals surface area contributed by atoms with Crippen molar-refractivity contribution in [3.05, 3.63) is 72.6 Å². The summed E-state index contributed by atoms with van der Waals surface area (Å²) < 4.78 is 44.4. The molecule has 3 fully saturated rings. The number of benzene rings is 2. The molecule has 0 spiro atoms. The number of aromatic nitrogens is 2. The van der Waals surface area contributed by atoms with E-state index in [1.165, 1.54) is 0 Å². The van der Waals surface area contributed by atoms with Crippen molar-refractivity contribution >= 4 is 31.4 Å². The highest BCUT2D eigenvalue weighted by atomic mass is 32.2. The van der Waals surface area contributed by atoms with E-state index in [0.29, 0.717) is 18.1 Å². The van der Waals surface area contributed by atoms with Crippen molar-refractivity contribution < 1.29 is 32.7 Å². The maximum atomic E-state index is 12.3. The van der Waals surface area contributed by atoms with Crippen LogP contribution in [0.5, 0.6) is 5.75 Å². The van der Waals surface area contributed by atoms with Gasteiger partial charge in [-0.1, -0.05) is 48.6 Å². The lowest BCUT2D eigenvalue weighted by molar-refractivity contribution is -0.194. The number of rotatable bonds is 12. The van der Waals surface area contributed by atoms with Gasteiger partial charge in [0.2, 0.25) is 0 Å². The van der Waals surface area contributed by atoms with Gasteiger partial charge in [-0.15, -0.1) is 0 Å². The summed E-state index contributed by atoms with van der Waals surface area (Å²) in [7, 11) is -2.35. The lowest BCUT2D eigenvalue weighted by Gasteiger charge is -2.28. The lowest BCUT2D eigenvalue weighted by atomic mass is 10.0. The van der Waals surface area contributed by atoms with Gasteiger partial charge in [-0.05, 0) is 73.9 Å². The SMILES string of the molecule is C[Si](OC1CCCCO1)c1nccn1C(/C=C/c1ccc(-c2ccc(OC3CS(=O)C[C@H]3OC3CCCCO3)cc2)cc1)CO. The van der Waals surface area contributed by atoms with Crippen molar-refractivity contribution in [2.75, 3.05) is 31.3 Å². The van der Waals surface area contributed by atoms with Crippen molar-refractivity contribution in [1.29, 1.82) is 0 Å². The van der Waals surface area contributed by atoms with Gasteiger partial charge in [0.15, 0.2) is 6.29 Å². The lowest BCUT2D eigenvalue weighted by Crippen LogP contribution is -2.43. The second-order valence-electron chi connectivity index (χ2n) is 11.8. The van der Waals surface area contributed by atoms with Crippen LogP contribution in [0, 0.1) is 0 Å². The largest absolute Gasteiger partial charge is 0.487 e. The van der Waals surface area contributed by atoms with Crippen LogP contribution < -0.4 is 10.2 Å². The third-order valence-electron chi connectivity index (χ3n) is 8.45. The Morgan fingerprint density at radius 2 is 1.64 bits per heavy atom. The van der Waals surface area contributed by atoms with Crippen LogP contribution in [-0.2, 0) is 29.4 Å². The Hall–Kier alpha value is -2.64. The van der Waals surface area contributed by atoms with E-state index < -0.39 is 19.8 Å². The number of hydrogen-bond acceptors (Lipinski definition) is 8. The second-order valence-corrected chi connectivity index (χ2v) is 15.1. The fourth-order valence-electron chi connectivity index (χ4n) is 5.96. The molecule has 45 heavy (non-hydrogen) atoms. The third kappa shape index (κ3) is 8.59. The van der Waals surface area contributed by atoms with E-state index in [2.05, 4.69) is 35.8 Å². The molecule has 0 saturated carbocycles. The quantitative estimate of drug-likeness (QED) is 0.284. The van der Waals surface area contributed by atoms with Crippen LogP contribution in [0.2, 0.25) is 6.55 Å². The molecule has 241 valence electrons. The van der Waals surface area contributed by atoms with Crippen LogP contribution in [0.15, 0.2) is 67.0 Å². The molecule has 0 amide bonds. The van der Waals surface area contributed by atoms with Gasteiger partial charge in [0, 0.05) is 36.4 Å². The maximum absolute atomic E-state index is 12.3. The second kappa shape index (κ2) is 15.8. The molecule has 9 nitrogen and oxygen atoms in total. The Balaban J connectivity index is 1.05. The molecule has 4 heterocycles. The minimum Gasteiger partial charge on any atom is -0.487 e. The highest BCUT2D eigenvalue weighted by Gasteiger charge is 2.37. The van der Waals surface area contributed by atoms with Gasteiger partial charge >= 0.3 is 0 Å². The summed E-state index contributed by atoms with van der Waals surface area (Å²) >= 11 is 0. The number of aliphatic hydroxyl groups is 1. The molecule has 6 atom stereocenters. The molecule has 1 aromatic heterocycles. The van der Waals surface area contributed by atoms with Gasteiger partial charge < -0.3 is 33.0 Å². The molecule has 1 radical (unpaired) electrons. The predicted octanol–water partition coefficient (Wildman–Crippen LogP) is 4.59. The van der Waals surface area contributed by atoms with Gasteiger partial charge in [-0.2, -0.15) is 0 Å². The molecule has 5 unspecified atom stereocenters. The number of imidazole rings is 1. The minimum absolute atomic E-state index is 0.0422. The number of aliphatic hydroxyl groups excluding tert-OH is 1. The fourth-order valence-corrected chi connectivity index (χ4v) is 8.95. The van der Waals surface area contributed by atoms with Crippen LogP contribution in [0.1, 0.15) is 50.1 Å². The zero-order chi connectivity index (χ0) is 31.0. The molecule has 3 aliphatic rings. The standard InChI is InChI=1S/C34H43N2O7SSi/c1-45(43-33-7-3-5-21-40-33)34-35-18-19-36(34)28(22-37)15-10-25-8-11-26(12-9-25)27-13-16-29(17-14-27)41-30-23-44(38)24-31(30)42-32-6-2-4-20-39-32/h8-19,28,30-33,37H,2-7,20-24H2,1H3/b15-10+/t28?,30?,31-,32?,33?,44?/m1/s1. The van der Waals surface area contributed by atoms with Gasteiger partial charge in [0.25, 0.3) is 9.04 Å². The summed E-state index contributed by atoms with van der Waals surface area (Å²) in [4.78, 5) is 4.56. The van der Waals surface area contributed by atoms with Crippen molar-refractivity contribution in [1.82, 2.24) is 9.55 Å². The van der Waals surface area contributed by atoms with E-state index in [9.17, 15) is 9.32 Å². The van der Waals surface area contributed by atoms with Gasteiger partial charge in [-0.3, -0.25) is 4.21 Å². The molecule has 2 aromatic carbocycles. The Morgan fingerprint density at radius 1 is 0.978 bits per heavy atom. The minimum atomic E-state index is -1.40. The van der Waals surface area contributed by atoms with Crippen LogP contribution in [0.3, 0.4) is 0 Å². The fraction of sp³-hybridized carbons (Fsp3) is 0.500. The first-order valence-corrected chi connectivity index (χ1v) is 19.4.